The van der Waals surface area contributed by atoms with Crippen LogP contribution in [0.1, 0.15) is 37.8 Å². The summed E-state index contributed by atoms with van der Waals surface area (Å²) >= 11 is 3.24. The fraction of sp³-hybridized carbons (Fsp3) is 0.600. The van der Waals surface area contributed by atoms with Crippen LogP contribution in [-0.4, -0.2) is 31.1 Å². The van der Waals surface area contributed by atoms with Crippen molar-refractivity contribution in [3.8, 4) is 0 Å². The van der Waals surface area contributed by atoms with Crippen molar-refractivity contribution in [1.82, 2.24) is 10.2 Å². The van der Waals surface area contributed by atoms with Crippen LogP contribution in [0.4, 0.5) is 4.39 Å². The molecule has 2 rings (SSSR count). The van der Waals surface area contributed by atoms with E-state index in [-0.39, 0.29) is 11.9 Å². The predicted octanol–water partition coefficient (Wildman–Crippen LogP) is 3.72. The smallest absolute Gasteiger partial charge is 0.137 e. The SMILES string of the molecule is CC(NCC1(N(C)C)CCC1)c1ccc(F)c(Br)c1. The maximum absolute atomic E-state index is 13.2. The summed E-state index contributed by atoms with van der Waals surface area (Å²) in [7, 11) is 4.31. The molecule has 0 heterocycles. The van der Waals surface area contributed by atoms with Crippen LogP contribution in [0.15, 0.2) is 22.7 Å². The van der Waals surface area contributed by atoms with Crippen molar-refractivity contribution in [3.05, 3.63) is 34.1 Å². The third kappa shape index (κ3) is 3.18. The van der Waals surface area contributed by atoms with E-state index in [9.17, 15) is 4.39 Å². The number of hydrogen-bond acceptors (Lipinski definition) is 2. The van der Waals surface area contributed by atoms with E-state index in [1.54, 1.807) is 0 Å². The zero-order valence-corrected chi connectivity index (χ0v) is 13.4. The number of nitrogens with one attached hydrogen (secondary N) is 1. The Hall–Kier alpha value is -0.450. The Morgan fingerprint density at radius 2 is 2.11 bits per heavy atom. The summed E-state index contributed by atoms with van der Waals surface area (Å²) in [4.78, 5) is 2.33. The van der Waals surface area contributed by atoms with Gasteiger partial charge in [0.1, 0.15) is 5.82 Å². The summed E-state index contributed by atoms with van der Waals surface area (Å²) in [5.74, 6) is -0.209. The normalized spacial score (nSPS) is 19.3. The van der Waals surface area contributed by atoms with Gasteiger partial charge in [0, 0.05) is 18.1 Å². The topological polar surface area (TPSA) is 15.3 Å². The molecule has 1 aromatic carbocycles. The van der Waals surface area contributed by atoms with Crippen molar-refractivity contribution in [2.45, 2.75) is 37.8 Å². The second-order valence-electron chi connectivity index (χ2n) is 5.75. The highest BCUT2D eigenvalue weighted by atomic mass is 79.9. The monoisotopic (exact) mass is 328 g/mol. The minimum Gasteiger partial charge on any atom is -0.308 e. The summed E-state index contributed by atoms with van der Waals surface area (Å²) in [6, 6.07) is 5.45. The Kier molecular flexibility index (Phi) is 4.64. The molecule has 1 unspecified atom stereocenters. The molecule has 0 radical (unpaired) electrons. The van der Waals surface area contributed by atoms with E-state index in [4.69, 9.17) is 0 Å². The van der Waals surface area contributed by atoms with E-state index in [0.717, 1.165) is 12.1 Å². The van der Waals surface area contributed by atoms with Crippen LogP contribution in [0.2, 0.25) is 0 Å². The lowest BCUT2D eigenvalue weighted by Gasteiger charge is -2.48. The molecule has 0 saturated heterocycles. The van der Waals surface area contributed by atoms with Crippen molar-refractivity contribution in [1.29, 1.82) is 0 Å². The lowest BCUT2D eigenvalue weighted by Crippen LogP contribution is -2.56. The molecule has 1 N–H and O–H groups in total. The fourth-order valence-corrected chi connectivity index (χ4v) is 3.01. The molecular formula is C15H22BrFN2. The quantitative estimate of drug-likeness (QED) is 0.886. The molecular weight excluding hydrogens is 307 g/mol. The molecule has 1 aromatic rings. The Labute approximate surface area is 123 Å². The van der Waals surface area contributed by atoms with Crippen LogP contribution in [0.25, 0.3) is 0 Å². The van der Waals surface area contributed by atoms with Crippen molar-refractivity contribution in [2.75, 3.05) is 20.6 Å². The summed E-state index contributed by atoms with van der Waals surface area (Å²) in [6.07, 6.45) is 3.83. The summed E-state index contributed by atoms with van der Waals surface area (Å²) in [5.41, 5.74) is 1.42. The molecule has 0 aromatic heterocycles. The first-order chi connectivity index (χ1) is 8.94. The molecule has 1 saturated carbocycles. The number of benzene rings is 1. The third-order valence-corrected chi connectivity index (χ3v) is 5.02. The highest BCUT2D eigenvalue weighted by Crippen LogP contribution is 2.36. The van der Waals surface area contributed by atoms with Crippen molar-refractivity contribution in [2.24, 2.45) is 0 Å². The van der Waals surface area contributed by atoms with Crippen LogP contribution in [-0.2, 0) is 0 Å². The Balaban J connectivity index is 1.97. The molecule has 2 nitrogen and oxygen atoms in total. The fourth-order valence-electron chi connectivity index (χ4n) is 2.61. The second-order valence-corrected chi connectivity index (χ2v) is 6.60. The molecule has 0 amide bonds. The number of rotatable bonds is 5. The van der Waals surface area contributed by atoms with Gasteiger partial charge < -0.3 is 10.2 Å². The molecule has 1 fully saturated rings. The van der Waals surface area contributed by atoms with Gasteiger partial charge in [-0.2, -0.15) is 0 Å². The van der Waals surface area contributed by atoms with Gasteiger partial charge in [0.2, 0.25) is 0 Å². The van der Waals surface area contributed by atoms with E-state index in [0.29, 0.717) is 10.0 Å². The second kappa shape index (κ2) is 5.90. The standard InChI is InChI=1S/C15H22BrFN2/c1-11(12-5-6-14(17)13(16)9-12)18-10-15(19(2)3)7-4-8-15/h5-6,9,11,18H,4,7-8,10H2,1-3H3. The van der Waals surface area contributed by atoms with Gasteiger partial charge in [0.25, 0.3) is 0 Å². The van der Waals surface area contributed by atoms with Gasteiger partial charge in [-0.05, 0) is 73.9 Å². The highest BCUT2D eigenvalue weighted by molar-refractivity contribution is 9.10. The maximum Gasteiger partial charge on any atom is 0.137 e. The molecule has 19 heavy (non-hydrogen) atoms. The Bertz CT molecular complexity index is 444. The largest absolute Gasteiger partial charge is 0.308 e. The molecule has 1 aliphatic rings. The Morgan fingerprint density at radius 1 is 1.42 bits per heavy atom. The number of hydrogen-bond donors (Lipinski definition) is 1. The Morgan fingerprint density at radius 3 is 2.58 bits per heavy atom. The van der Waals surface area contributed by atoms with E-state index in [1.165, 1.54) is 25.3 Å². The van der Waals surface area contributed by atoms with Gasteiger partial charge in [0.05, 0.1) is 4.47 Å². The molecule has 4 heteroatoms. The average molecular weight is 329 g/mol. The zero-order chi connectivity index (χ0) is 14.0. The summed E-state index contributed by atoms with van der Waals surface area (Å²) in [5, 5.41) is 3.58. The van der Waals surface area contributed by atoms with E-state index in [1.807, 2.05) is 12.1 Å². The maximum atomic E-state index is 13.2. The van der Waals surface area contributed by atoms with E-state index in [2.05, 4.69) is 47.2 Å². The molecule has 0 bridgehead atoms. The highest BCUT2D eigenvalue weighted by Gasteiger charge is 2.38. The minimum absolute atomic E-state index is 0.209. The predicted molar refractivity (Wildman–Crippen MR) is 80.8 cm³/mol. The van der Waals surface area contributed by atoms with Gasteiger partial charge in [0.15, 0.2) is 0 Å². The third-order valence-electron chi connectivity index (χ3n) is 4.41. The molecule has 0 aliphatic heterocycles. The van der Waals surface area contributed by atoms with E-state index < -0.39 is 0 Å². The molecule has 106 valence electrons. The molecule has 0 spiro atoms. The first-order valence-corrected chi connectivity index (χ1v) is 7.60. The zero-order valence-electron chi connectivity index (χ0n) is 11.8. The van der Waals surface area contributed by atoms with Gasteiger partial charge in [-0.25, -0.2) is 4.39 Å². The first-order valence-electron chi connectivity index (χ1n) is 6.80. The number of nitrogens with zero attached hydrogens (tertiary/aromatic N) is 1. The molecule has 1 atom stereocenters. The summed E-state index contributed by atoms with van der Waals surface area (Å²) < 4.78 is 13.8. The first kappa shape index (κ1) is 14.9. The van der Waals surface area contributed by atoms with Crippen LogP contribution in [0.5, 0.6) is 0 Å². The lowest BCUT2D eigenvalue weighted by molar-refractivity contribution is 0.0576. The number of likely N-dealkylation sites (N-methyl/N-ethyl adjacent to an activating group) is 1. The van der Waals surface area contributed by atoms with Crippen molar-refractivity contribution >= 4 is 15.9 Å². The average Bonchev–Trinajstić information content (AvgIpc) is 2.30. The molecule has 1 aliphatic carbocycles. The van der Waals surface area contributed by atoms with Crippen LogP contribution < -0.4 is 5.32 Å². The van der Waals surface area contributed by atoms with Crippen molar-refractivity contribution < 1.29 is 4.39 Å². The van der Waals surface area contributed by atoms with Gasteiger partial charge in [-0.3, -0.25) is 0 Å². The van der Waals surface area contributed by atoms with Crippen molar-refractivity contribution in [3.63, 3.8) is 0 Å². The van der Waals surface area contributed by atoms with Crippen LogP contribution >= 0.6 is 15.9 Å². The minimum atomic E-state index is -0.209. The van der Waals surface area contributed by atoms with Gasteiger partial charge in [-0.15, -0.1) is 0 Å². The summed E-state index contributed by atoms with van der Waals surface area (Å²) in [6.45, 7) is 3.11. The van der Waals surface area contributed by atoms with Crippen LogP contribution in [0.3, 0.4) is 0 Å². The van der Waals surface area contributed by atoms with Gasteiger partial charge in [-0.1, -0.05) is 6.07 Å². The number of halogens is 2. The van der Waals surface area contributed by atoms with Crippen LogP contribution in [0, 0.1) is 5.82 Å². The van der Waals surface area contributed by atoms with E-state index >= 15 is 0 Å². The lowest BCUT2D eigenvalue weighted by atomic mass is 9.75. The van der Waals surface area contributed by atoms with Gasteiger partial charge >= 0.3 is 0 Å².